The lowest BCUT2D eigenvalue weighted by Gasteiger charge is -2.33. The van der Waals surface area contributed by atoms with Gasteiger partial charge in [-0.1, -0.05) is 0 Å². The summed E-state index contributed by atoms with van der Waals surface area (Å²) < 4.78 is 4.95. The molecule has 0 aliphatic rings. The van der Waals surface area contributed by atoms with Crippen LogP contribution in [0.25, 0.3) is 0 Å². The maximum atomic E-state index is 9.17. The summed E-state index contributed by atoms with van der Waals surface area (Å²) in [6, 6.07) is 0.211. The molecule has 2 atom stereocenters. The fourth-order valence-electron chi connectivity index (χ4n) is 1.25. The minimum absolute atomic E-state index is 0.0278. The standard InChI is InChI=1S/C9H22N2O2/c1-7(2)11(3)9(5-12)8(10)6-13-4/h7-9,12H,5-6,10H2,1-4H3. The summed E-state index contributed by atoms with van der Waals surface area (Å²) in [7, 11) is 3.57. The molecular formula is C9H22N2O2. The predicted octanol–water partition coefficient (Wildman–Crippen LogP) is -0.339. The van der Waals surface area contributed by atoms with Crippen LogP contribution in [0, 0.1) is 0 Å². The molecule has 0 fully saturated rings. The van der Waals surface area contributed by atoms with Crippen molar-refractivity contribution in [2.45, 2.75) is 32.0 Å². The molecule has 80 valence electrons. The first-order valence-electron chi connectivity index (χ1n) is 4.61. The molecule has 0 bridgehead atoms. The fourth-order valence-corrected chi connectivity index (χ4v) is 1.25. The van der Waals surface area contributed by atoms with Crippen LogP contribution in [-0.4, -0.2) is 55.5 Å². The van der Waals surface area contributed by atoms with Crippen LogP contribution in [0.4, 0.5) is 0 Å². The largest absolute Gasteiger partial charge is 0.395 e. The number of aliphatic hydroxyl groups is 1. The Morgan fingerprint density at radius 2 is 2.00 bits per heavy atom. The molecule has 3 N–H and O–H groups in total. The molecule has 0 aliphatic heterocycles. The van der Waals surface area contributed by atoms with Crippen LogP contribution in [0.1, 0.15) is 13.8 Å². The van der Waals surface area contributed by atoms with Crippen LogP contribution >= 0.6 is 0 Å². The Balaban J connectivity index is 4.14. The average molecular weight is 190 g/mol. The van der Waals surface area contributed by atoms with Crippen molar-refractivity contribution in [2.75, 3.05) is 27.4 Å². The van der Waals surface area contributed by atoms with Crippen molar-refractivity contribution in [1.29, 1.82) is 0 Å². The Bertz CT molecular complexity index is 131. The number of rotatable bonds is 6. The van der Waals surface area contributed by atoms with E-state index >= 15 is 0 Å². The number of hydrogen-bond acceptors (Lipinski definition) is 4. The van der Waals surface area contributed by atoms with E-state index in [-0.39, 0.29) is 18.7 Å². The van der Waals surface area contributed by atoms with E-state index in [1.165, 1.54) is 0 Å². The number of nitrogens with zero attached hydrogens (tertiary/aromatic N) is 1. The molecule has 2 unspecified atom stereocenters. The molecular weight excluding hydrogens is 168 g/mol. The molecule has 0 aromatic heterocycles. The molecule has 4 heteroatoms. The van der Waals surface area contributed by atoms with Gasteiger partial charge in [-0.2, -0.15) is 0 Å². The molecule has 4 nitrogen and oxygen atoms in total. The second-order valence-electron chi connectivity index (χ2n) is 3.63. The normalized spacial score (nSPS) is 16.6. The van der Waals surface area contributed by atoms with E-state index in [1.54, 1.807) is 7.11 Å². The lowest BCUT2D eigenvalue weighted by molar-refractivity contribution is 0.0697. The Morgan fingerprint density at radius 3 is 2.31 bits per heavy atom. The van der Waals surface area contributed by atoms with E-state index in [0.717, 1.165) is 0 Å². The summed E-state index contributed by atoms with van der Waals surface area (Å²) in [5.41, 5.74) is 5.85. The first-order chi connectivity index (χ1) is 6.04. The minimum Gasteiger partial charge on any atom is -0.395 e. The van der Waals surface area contributed by atoms with Crippen molar-refractivity contribution in [3.63, 3.8) is 0 Å². The van der Waals surface area contributed by atoms with Crippen molar-refractivity contribution in [3.05, 3.63) is 0 Å². The Kier molecular flexibility index (Phi) is 6.24. The molecule has 13 heavy (non-hydrogen) atoms. The molecule has 0 heterocycles. The van der Waals surface area contributed by atoms with Gasteiger partial charge in [-0.05, 0) is 20.9 Å². The van der Waals surface area contributed by atoms with Crippen LogP contribution in [0.5, 0.6) is 0 Å². The highest BCUT2D eigenvalue weighted by Crippen LogP contribution is 2.05. The smallest absolute Gasteiger partial charge is 0.0629 e. The van der Waals surface area contributed by atoms with Crippen molar-refractivity contribution in [1.82, 2.24) is 4.90 Å². The SMILES string of the molecule is COCC(N)C(CO)N(C)C(C)C. The van der Waals surface area contributed by atoms with E-state index in [0.29, 0.717) is 12.6 Å². The number of ether oxygens (including phenoxy) is 1. The highest BCUT2D eigenvalue weighted by molar-refractivity contribution is 4.81. The quantitative estimate of drug-likeness (QED) is 0.601. The second-order valence-corrected chi connectivity index (χ2v) is 3.63. The van der Waals surface area contributed by atoms with Gasteiger partial charge in [-0.15, -0.1) is 0 Å². The zero-order valence-corrected chi connectivity index (χ0v) is 9.03. The van der Waals surface area contributed by atoms with Crippen molar-refractivity contribution >= 4 is 0 Å². The van der Waals surface area contributed by atoms with Gasteiger partial charge in [0.2, 0.25) is 0 Å². The third-order valence-corrected chi connectivity index (χ3v) is 2.38. The van der Waals surface area contributed by atoms with Gasteiger partial charge >= 0.3 is 0 Å². The first kappa shape index (κ1) is 12.8. The van der Waals surface area contributed by atoms with Crippen molar-refractivity contribution < 1.29 is 9.84 Å². The Labute approximate surface area is 80.7 Å². The summed E-state index contributed by atoms with van der Waals surface area (Å²) in [6.07, 6.45) is 0. The van der Waals surface area contributed by atoms with Gasteiger partial charge < -0.3 is 15.6 Å². The van der Waals surface area contributed by atoms with Gasteiger partial charge in [0, 0.05) is 19.2 Å². The summed E-state index contributed by atoms with van der Waals surface area (Å²) >= 11 is 0. The van der Waals surface area contributed by atoms with Crippen LogP contribution < -0.4 is 5.73 Å². The Morgan fingerprint density at radius 1 is 1.46 bits per heavy atom. The van der Waals surface area contributed by atoms with E-state index in [2.05, 4.69) is 18.7 Å². The van der Waals surface area contributed by atoms with Crippen LogP contribution in [-0.2, 0) is 4.74 Å². The van der Waals surface area contributed by atoms with E-state index in [1.807, 2.05) is 7.05 Å². The number of likely N-dealkylation sites (N-methyl/N-ethyl adjacent to an activating group) is 1. The maximum Gasteiger partial charge on any atom is 0.0629 e. The average Bonchev–Trinajstić information content (AvgIpc) is 2.05. The van der Waals surface area contributed by atoms with Crippen LogP contribution in [0.2, 0.25) is 0 Å². The molecule has 0 saturated heterocycles. The van der Waals surface area contributed by atoms with Gasteiger partial charge in [0.1, 0.15) is 0 Å². The zero-order chi connectivity index (χ0) is 10.4. The van der Waals surface area contributed by atoms with E-state index < -0.39 is 0 Å². The number of hydrogen-bond donors (Lipinski definition) is 2. The topological polar surface area (TPSA) is 58.7 Å². The Hall–Kier alpha value is -0.160. The number of nitrogens with two attached hydrogens (primary N) is 1. The molecule has 0 aromatic rings. The monoisotopic (exact) mass is 190 g/mol. The number of aliphatic hydroxyl groups excluding tert-OH is 1. The molecule has 0 saturated carbocycles. The molecule has 0 rings (SSSR count). The van der Waals surface area contributed by atoms with Gasteiger partial charge in [0.15, 0.2) is 0 Å². The van der Waals surface area contributed by atoms with Gasteiger partial charge in [0.25, 0.3) is 0 Å². The third kappa shape index (κ3) is 4.04. The van der Waals surface area contributed by atoms with E-state index in [9.17, 15) is 0 Å². The van der Waals surface area contributed by atoms with Crippen LogP contribution in [0.15, 0.2) is 0 Å². The molecule has 0 aromatic carbocycles. The van der Waals surface area contributed by atoms with Gasteiger partial charge in [-0.3, -0.25) is 4.90 Å². The summed E-state index contributed by atoms with van der Waals surface area (Å²) in [5, 5.41) is 9.17. The number of methoxy groups -OCH3 is 1. The third-order valence-electron chi connectivity index (χ3n) is 2.38. The molecule has 0 radical (unpaired) electrons. The summed E-state index contributed by atoms with van der Waals surface area (Å²) in [5.74, 6) is 0. The van der Waals surface area contributed by atoms with Gasteiger partial charge in [0.05, 0.1) is 19.3 Å². The fraction of sp³-hybridized carbons (Fsp3) is 1.00. The van der Waals surface area contributed by atoms with Crippen LogP contribution in [0.3, 0.4) is 0 Å². The lowest BCUT2D eigenvalue weighted by Crippen LogP contribution is -2.52. The first-order valence-corrected chi connectivity index (χ1v) is 4.61. The zero-order valence-electron chi connectivity index (χ0n) is 9.03. The lowest BCUT2D eigenvalue weighted by atomic mass is 10.1. The second kappa shape index (κ2) is 6.32. The molecule has 0 spiro atoms. The van der Waals surface area contributed by atoms with Crippen molar-refractivity contribution in [2.24, 2.45) is 5.73 Å². The minimum atomic E-state index is -0.137. The van der Waals surface area contributed by atoms with Gasteiger partial charge in [-0.25, -0.2) is 0 Å². The summed E-state index contributed by atoms with van der Waals surface area (Å²) in [4.78, 5) is 2.06. The van der Waals surface area contributed by atoms with Crippen molar-refractivity contribution in [3.8, 4) is 0 Å². The summed E-state index contributed by atoms with van der Waals surface area (Å²) in [6.45, 7) is 4.69. The maximum absolute atomic E-state index is 9.17. The highest BCUT2D eigenvalue weighted by atomic mass is 16.5. The molecule has 0 amide bonds. The highest BCUT2D eigenvalue weighted by Gasteiger charge is 2.22. The van der Waals surface area contributed by atoms with E-state index in [4.69, 9.17) is 15.6 Å². The predicted molar refractivity (Wildman–Crippen MR) is 53.6 cm³/mol. The molecule has 0 aliphatic carbocycles.